The minimum Gasteiger partial charge on any atom is -0.497 e. The topological polar surface area (TPSA) is 73.6 Å². The Morgan fingerprint density at radius 2 is 1.95 bits per heavy atom. The molecule has 1 unspecified atom stereocenters. The third-order valence-electron chi connectivity index (χ3n) is 4.20. The van der Waals surface area contributed by atoms with Gasteiger partial charge in [-0.3, -0.25) is 4.79 Å². The molecule has 1 fully saturated rings. The molecule has 1 aliphatic rings. The number of methoxy groups -OCH3 is 2. The van der Waals surface area contributed by atoms with Crippen LogP contribution < -0.4 is 20.5 Å². The van der Waals surface area contributed by atoms with Gasteiger partial charge in [0.15, 0.2) is 0 Å². The van der Waals surface area contributed by atoms with Crippen LogP contribution in [0.2, 0.25) is 0 Å². The highest BCUT2D eigenvalue weighted by Gasteiger charge is 2.37. The van der Waals surface area contributed by atoms with Gasteiger partial charge in [0.1, 0.15) is 11.5 Å². The third-order valence-corrected chi connectivity index (χ3v) is 4.20. The van der Waals surface area contributed by atoms with Crippen molar-refractivity contribution >= 4 is 5.91 Å². The molecule has 0 heterocycles. The summed E-state index contributed by atoms with van der Waals surface area (Å²) in [5.41, 5.74) is 6.38. The number of benzene rings is 1. The second-order valence-corrected chi connectivity index (χ2v) is 5.67. The Labute approximate surface area is 125 Å². The van der Waals surface area contributed by atoms with Crippen LogP contribution in [-0.2, 0) is 4.79 Å². The van der Waals surface area contributed by atoms with Crippen LogP contribution in [0.1, 0.15) is 44.2 Å². The first-order valence-corrected chi connectivity index (χ1v) is 7.32. The van der Waals surface area contributed by atoms with Gasteiger partial charge in [0.25, 0.3) is 0 Å². The fraction of sp³-hybridized carbons (Fsp3) is 0.562. The summed E-state index contributed by atoms with van der Waals surface area (Å²) in [7, 11) is 3.21. The zero-order chi connectivity index (χ0) is 15.5. The van der Waals surface area contributed by atoms with Crippen molar-refractivity contribution < 1.29 is 14.3 Å². The van der Waals surface area contributed by atoms with E-state index in [1.54, 1.807) is 14.2 Å². The highest BCUT2D eigenvalue weighted by Crippen LogP contribution is 2.31. The summed E-state index contributed by atoms with van der Waals surface area (Å²) in [6, 6.07) is 5.40. The van der Waals surface area contributed by atoms with Crippen molar-refractivity contribution in [1.29, 1.82) is 0 Å². The molecule has 3 N–H and O–H groups in total. The molecule has 1 aliphatic carbocycles. The van der Waals surface area contributed by atoms with E-state index in [-0.39, 0.29) is 11.9 Å². The quantitative estimate of drug-likeness (QED) is 0.872. The van der Waals surface area contributed by atoms with Crippen molar-refractivity contribution in [2.45, 2.75) is 44.2 Å². The zero-order valence-corrected chi connectivity index (χ0v) is 12.9. The number of ether oxygens (including phenoxy) is 2. The van der Waals surface area contributed by atoms with Gasteiger partial charge in [0.2, 0.25) is 5.91 Å². The van der Waals surface area contributed by atoms with E-state index in [0.717, 1.165) is 37.0 Å². The van der Waals surface area contributed by atoms with Crippen molar-refractivity contribution in [1.82, 2.24) is 5.32 Å². The Balaban J connectivity index is 2.12. The normalized spacial score (nSPS) is 18.1. The lowest BCUT2D eigenvalue weighted by molar-refractivity contribution is -0.126. The van der Waals surface area contributed by atoms with E-state index in [9.17, 15) is 4.79 Å². The number of carbonyl (C=O) groups excluding carboxylic acids is 1. The van der Waals surface area contributed by atoms with E-state index in [1.165, 1.54) is 0 Å². The number of amides is 1. The molecule has 1 saturated carbocycles. The summed E-state index contributed by atoms with van der Waals surface area (Å²) in [5, 5.41) is 3.01. The molecule has 0 radical (unpaired) electrons. The molecular weight excluding hydrogens is 268 g/mol. The molecule has 1 aromatic rings. The number of rotatable bonds is 5. The minimum atomic E-state index is -0.714. The summed E-state index contributed by atoms with van der Waals surface area (Å²) in [6.07, 6.45) is 3.55. The van der Waals surface area contributed by atoms with Gasteiger partial charge < -0.3 is 20.5 Å². The summed E-state index contributed by atoms with van der Waals surface area (Å²) in [5.74, 6) is 1.34. The molecule has 0 spiro atoms. The molecular formula is C16H24N2O3. The van der Waals surface area contributed by atoms with E-state index < -0.39 is 5.54 Å². The molecule has 0 aromatic heterocycles. The van der Waals surface area contributed by atoms with Gasteiger partial charge in [-0.25, -0.2) is 0 Å². The maximum Gasteiger partial charge on any atom is 0.240 e. The van der Waals surface area contributed by atoms with E-state index in [1.807, 2.05) is 25.1 Å². The van der Waals surface area contributed by atoms with Gasteiger partial charge in [-0.1, -0.05) is 12.8 Å². The van der Waals surface area contributed by atoms with E-state index >= 15 is 0 Å². The highest BCUT2D eigenvalue weighted by atomic mass is 16.5. The van der Waals surface area contributed by atoms with E-state index in [0.29, 0.717) is 5.75 Å². The van der Waals surface area contributed by atoms with Gasteiger partial charge in [-0.2, -0.15) is 0 Å². The first kappa shape index (κ1) is 15.6. The minimum absolute atomic E-state index is 0.0784. The molecule has 0 saturated heterocycles. The summed E-state index contributed by atoms with van der Waals surface area (Å²) in [4.78, 5) is 12.4. The summed E-state index contributed by atoms with van der Waals surface area (Å²) >= 11 is 0. The molecule has 21 heavy (non-hydrogen) atoms. The number of hydrogen-bond donors (Lipinski definition) is 2. The second kappa shape index (κ2) is 6.35. The molecule has 1 aromatic carbocycles. The number of nitrogens with one attached hydrogen (secondary N) is 1. The SMILES string of the molecule is COc1ccc(C(C)NC(=O)C2(N)CCCC2)c(OC)c1. The summed E-state index contributed by atoms with van der Waals surface area (Å²) < 4.78 is 10.6. The van der Waals surface area contributed by atoms with Crippen LogP contribution in [0, 0.1) is 0 Å². The number of nitrogens with two attached hydrogens (primary N) is 1. The lowest BCUT2D eigenvalue weighted by Gasteiger charge is -2.26. The maximum absolute atomic E-state index is 12.4. The van der Waals surface area contributed by atoms with Gasteiger partial charge in [0, 0.05) is 11.6 Å². The van der Waals surface area contributed by atoms with Gasteiger partial charge in [-0.15, -0.1) is 0 Å². The average Bonchev–Trinajstić information content (AvgIpc) is 2.94. The smallest absolute Gasteiger partial charge is 0.240 e. The standard InChI is InChI=1S/C16H24N2O3/c1-11(18-15(19)16(17)8-4-5-9-16)13-7-6-12(20-2)10-14(13)21-3/h6-7,10-11H,4-5,8-9,17H2,1-3H3,(H,18,19). The predicted molar refractivity (Wildman–Crippen MR) is 81.5 cm³/mol. The number of hydrogen-bond acceptors (Lipinski definition) is 4. The molecule has 2 rings (SSSR count). The molecule has 1 amide bonds. The predicted octanol–water partition coefficient (Wildman–Crippen LogP) is 2.15. The first-order valence-electron chi connectivity index (χ1n) is 7.32. The van der Waals surface area contributed by atoms with E-state index in [4.69, 9.17) is 15.2 Å². The van der Waals surface area contributed by atoms with Crippen LogP contribution in [0.4, 0.5) is 0 Å². The Hall–Kier alpha value is -1.75. The largest absolute Gasteiger partial charge is 0.497 e. The van der Waals surface area contributed by atoms with Crippen molar-refractivity contribution in [3.8, 4) is 11.5 Å². The van der Waals surface area contributed by atoms with Crippen molar-refractivity contribution in [2.75, 3.05) is 14.2 Å². The Morgan fingerprint density at radius 1 is 1.29 bits per heavy atom. The molecule has 1 atom stereocenters. The third kappa shape index (κ3) is 3.29. The van der Waals surface area contributed by atoms with Gasteiger partial charge >= 0.3 is 0 Å². The van der Waals surface area contributed by atoms with Gasteiger partial charge in [-0.05, 0) is 31.9 Å². The molecule has 5 heteroatoms. The Bertz CT molecular complexity index is 510. The Kier molecular flexibility index (Phi) is 4.73. The van der Waals surface area contributed by atoms with E-state index in [2.05, 4.69) is 5.32 Å². The lowest BCUT2D eigenvalue weighted by Crippen LogP contribution is -2.52. The summed E-state index contributed by atoms with van der Waals surface area (Å²) in [6.45, 7) is 1.93. The monoisotopic (exact) mass is 292 g/mol. The molecule has 5 nitrogen and oxygen atoms in total. The zero-order valence-electron chi connectivity index (χ0n) is 12.9. The fourth-order valence-corrected chi connectivity index (χ4v) is 2.83. The van der Waals surface area contributed by atoms with Gasteiger partial charge in [0.05, 0.1) is 25.8 Å². The van der Waals surface area contributed by atoms with Crippen LogP contribution in [-0.4, -0.2) is 25.7 Å². The highest BCUT2D eigenvalue weighted by molar-refractivity contribution is 5.86. The van der Waals surface area contributed by atoms with Crippen LogP contribution in [0.15, 0.2) is 18.2 Å². The number of carbonyl (C=O) groups is 1. The van der Waals surface area contributed by atoms with Crippen molar-refractivity contribution in [3.05, 3.63) is 23.8 Å². The fourth-order valence-electron chi connectivity index (χ4n) is 2.83. The lowest BCUT2D eigenvalue weighted by atomic mass is 9.97. The maximum atomic E-state index is 12.4. The average molecular weight is 292 g/mol. The van der Waals surface area contributed by atoms with Crippen molar-refractivity contribution in [2.24, 2.45) is 5.73 Å². The molecule has 0 bridgehead atoms. The van der Waals surface area contributed by atoms with Crippen LogP contribution >= 0.6 is 0 Å². The molecule has 116 valence electrons. The molecule has 0 aliphatic heterocycles. The van der Waals surface area contributed by atoms with Crippen LogP contribution in [0.3, 0.4) is 0 Å². The van der Waals surface area contributed by atoms with Crippen LogP contribution in [0.25, 0.3) is 0 Å². The van der Waals surface area contributed by atoms with Crippen LogP contribution in [0.5, 0.6) is 11.5 Å². The second-order valence-electron chi connectivity index (χ2n) is 5.67. The Morgan fingerprint density at radius 3 is 2.52 bits per heavy atom. The van der Waals surface area contributed by atoms with Crippen molar-refractivity contribution in [3.63, 3.8) is 0 Å². The first-order chi connectivity index (χ1) is 10.00.